The third kappa shape index (κ3) is 2.50. The van der Waals surface area contributed by atoms with E-state index in [1.165, 1.54) is 0 Å². The van der Waals surface area contributed by atoms with Crippen molar-refractivity contribution < 1.29 is 19.1 Å². The molecule has 0 unspecified atom stereocenters. The van der Waals surface area contributed by atoms with Crippen LogP contribution >= 0.6 is 0 Å². The first-order valence-corrected chi connectivity index (χ1v) is 9.61. The molecule has 1 spiro atoms. The van der Waals surface area contributed by atoms with E-state index >= 15 is 0 Å². The van der Waals surface area contributed by atoms with Crippen LogP contribution in [0.2, 0.25) is 0 Å². The Balaban J connectivity index is 1.69. The molecular weight excluding hydrogens is 374 g/mol. The molecule has 3 aliphatic rings. The van der Waals surface area contributed by atoms with Gasteiger partial charge in [-0.25, -0.2) is 9.78 Å². The third-order valence-electron chi connectivity index (χ3n) is 6.10. The van der Waals surface area contributed by atoms with Crippen LogP contribution in [0.25, 0.3) is 11.3 Å². The smallest absolute Gasteiger partial charge is 0.328 e. The third-order valence-corrected chi connectivity index (χ3v) is 6.10. The number of urea groups is 1. The maximum absolute atomic E-state index is 13.1. The fraction of sp³-hybridized carbons (Fsp3) is 0.400. The topological polar surface area (TPSA) is 116 Å². The van der Waals surface area contributed by atoms with E-state index in [-0.39, 0.29) is 18.6 Å². The fourth-order valence-corrected chi connectivity index (χ4v) is 5.03. The molecule has 0 radical (unpaired) electrons. The number of barbiturate groups is 1. The van der Waals surface area contributed by atoms with Crippen LogP contribution in [-0.4, -0.2) is 52.6 Å². The molecule has 0 aliphatic carbocycles. The van der Waals surface area contributed by atoms with Crippen LogP contribution in [0.4, 0.5) is 10.5 Å². The Kier molecular flexibility index (Phi) is 3.79. The van der Waals surface area contributed by atoms with Gasteiger partial charge in [-0.15, -0.1) is 0 Å². The van der Waals surface area contributed by atoms with Gasteiger partial charge in [-0.2, -0.15) is 0 Å². The van der Waals surface area contributed by atoms with Crippen molar-refractivity contribution in [3.8, 4) is 11.3 Å². The minimum atomic E-state index is -1.45. The number of imidazole rings is 1. The SMILES string of the molecule is C[C@@H]1CN2c3ccc(-c4c[nH]cn4)cc3CC3(C(=O)NC(=O)NC3=O)[C@H]2[C@H](C)O1. The molecule has 3 atom stereocenters. The zero-order valence-electron chi connectivity index (χ0n) is 16.1. The summed E-state index contributed by atoms with van der Waals surface area (Å²) in [5.41, 5.74) is 2.05. The lowest BCUT2D eigenvalue weighted by Crippen LogP contribution is -2.75. The van der Waals surface area contributed by atoms with Gasteiger partial charge in [0.1, 0.15) is 0 Å². The molecule has 4 heterocycles. The Morgan fingerprint density at radius 3 is 2.62 bits per heavy atom. The minimum Gasteiger partial charge on any atom is -0.372 e. The predicted molar refractivity (Wildman–Crippen MR) is 103 cm³/mol. The molecule has 9 nitrogen and oxygen atoms in total. The van der Waals surface area contributed by atoms with Gasteiger partial charge in [-0.3, -0.25) is 20.2 Å². The fourth-order valence-electron chi connectivity index (χ4n) is 5.03. The molecule has 2 saturated heterocycles. The molecule has 3 aliphatic heterocycles. The van der Waals surface area contributed by atoms with Crippen LogP contribution in [0.1, 0.15) is 19.4 Å². The summed E-state index contributed by atoms with van der Waals surface area (Å²) in [4.78, 5) is 47.3. The number of hydrogen-bond acceptors (Lipinski definition) is 6. The Labute approximate surface area is 166 Å². The molecule has 4 amide bonds. The van der Waals surface area contributed by atoms with Gasteiger partial charge in [-0.05, 0) is 38.0 Å². The molecule has 3 N–H and O–H groups in total. The van der Waals surface area contributed by atoms with Crippen LogP contribution in [0.15, 0.2) is 30.7 Å². The second-order valence-corrected chi connectivity index (χ2v) is 7.93. The Bertz CT molecular complexity index is 998. The second-order valence-electron chi connectivity index (χ2n) is 7.93. The Morgan fingerprint density at radius 1 is 1.17 bits per heavy atom. The van der Waals surface area contributed by atoms with Gasteiger partial charge >= 0.3 is 6.03 Å². The van der Waals surface area contributed by atoms with Gasteiger partial charge in [0.25, 0.3) is 0 Å². The van der Waals surface area contributed by atoms with Gasteiger partial charge in [0.2, 0.25) is 11.8 Å². The number of aromatic amines is 1. The maximum Gasteiger partial charge on any atom is 0.328 e. The van der Waals surface area contributed by atoms with Gasteiger partial charge in [0.05, 0.1) is 30.3 Å². The summed E-state index contributed by atoms with van der Waals surface area (Å²) in [5.74, 6) is -1.16. The molecule has 0 saturated carbocycles. The number of carbonyl (C=O) groups excluding carboxylic acids is 3. The van der Waals surface area contributed by atoms with E-state index in [4.69, 9.17) is 4.74 Å². The lowest BCUT2D eigenvalue weighted by molar-refractivity contribution is -0.153. The standard InChI is InChI=1S/C20H21N5O4/c1-10-8-25-15-4-3-12(14-7-21-9-22-14)5-13(15)6-20(16(25)11(2)29-10)17(26)23-19(28)24-18(20)27/h3-5,7,9-11,16H,6,8H2,1-2H3,(H,21,22)(H2,23,24,26,27,28)/t10-,11+,16-/m1/s1. The predicted octanol–water partition coefficient (Wildman–Crippen LogP) is 0.967. The van der Waals surface area contributed by atoms with E-state index in [2.05, 4.69) is 25.5 Å². The number of imide groups is 2. The lowest BCUT2D eigenvalue weighted by Gasteiger charge is -2.55. The highest BCUT2D eigenvalue weighted by atomic mass is 16.5. The quantitative estimate of drug-likeness (QED) is 0.620. The van der Waals surface area contributed by atoms with E-state index in [0.29, 0.717) is 6.54 Å². The summed E-state index contributed by atoms with van der Waals surface area (Å²) < 4.78 is 6.00. The summed E-state index contributed by atoms with van der Waals surface area (Å²) in [6, 6.07) is 4.65. The summed E-state index contributed by atoms with van der Waals surface area (Å²) in [5, 5.41) is 4.60. The van der Waals surface area contributed by atoms with Gasteiger partial charge in [0.15, 0.2) is 5.41 Å². The molecular formula is C20H21N5O4. The number of fused-ring (bicyclic) bond motifs is 4. The highest BCUT2D eigenvalue weighted by Crippen LogP contribution is 2.47. The normalized spacial score (nSPS) is 27.9. The Morgan fingerprint density at radius 2 is 1.93 bits per heavy atom. The zero-order valence-corrected chi connectivity index (χ0v) is 16.1. The molecule has 2 fully saturated rings. The first kappa shape index (κ1) is 17.9. The van der Waals surface area contributed by atoms with Crippen LogP contribution in [0.3, 0.4) is 0 Å². The van der Waals surface area contributed by atoms with E-state index in [1.54, 1.807) is 12.5 Å². The van der Waals surface area contributed by atoms with Crippen molar-refractivity contribution in [2.75, 3.05) is 11.4 Å². The Hall–Kier alpha value is -3.20. The van der Waals surface area contributed by atoms with Crippen LogP contribution in [-0.2, 0) is 20.7 Å². The number of rotatable bonds is 1. The summed E-state index contributed by atoms with van der Waals surface area (Å²) in [6.07, 6.45) is 3.13. The van der Waals surface area contributed by atoms with Crippen molar-refractivity contribution in [2.45, 2.75) is 38.5 Å². The maximum atomic E-state index is 13.1. The number of H-pyrrole nitrogens is 1. The van der Waals surface area contributed by atoms with E-state index in [9.17, 15) is 14.4 Å². The monoisotopic (exact) mass is 395 g/mol. The summed E-state index contributed by atoms with van der Waals surface area (Å²) >= 11 is 0. The lowest BCUT2D eigenvalue weighted by atomic mass is 9.66. The molecule has 0 bridgehead atoms. The minimum absolute atomic E-state index is 0.0633. The average molecular weight is 395 g/mol. The van der Waals surface area contributed by atoms with E-state index in [1.807, 2.05) is 32.0 Å². The molecule has 9 heteroatoms. The summed E-state index contributed by atoms with van der Waals surface area (Å²) in [7, 11) is 0. The van der Waals surface area contributed by atoms with Gasteiger partial charge < -0.3 is 14.6 Å². The molecule has 1 aromatic carbocycles. The van der Waals surface area contributed by atoms with Crippen LogP contribution in [0.5, 0.6) is 0 Å². The highest BCUT2D eigenvalue weighted by molar-refractivity contribution is 6.20. The first-order valence-electron chi connectivity index (χ1n) is 9.61. The van der Waals surface area contributed by atoms with Gasteiger partial charge in [-0.1, -0.05) is 6.07 Å². The van der Waals surface area contributed by atoms with Crippen LogP contribution < -0.4 is 15.5 Å². The highest BCUT2D eigenvalue weighted by Gasteiger charge is 2.62. The number of nitrogens with zero attached hydrogens (tertiary/aromatic N) is 2. The first-order chi connectivity index (χ1) is 13.9. The number of ether oxygens (including phenoxy) is 1. The molecule has 2 aromatic rings. The van der Waals surface area contributed by atoms with Crippen molar-refractivity contribution in [1.82, 2.24) is 20.6 Å². The number of nitrogens with one attached hydrogen (secondary N) is 3. The van der Waals surface area contributed by atoms with E-state index < -0.39 is 29.3 Å². The van der Waals surface area contributed by atoms with Crippen molar-refractivity contribution in [3.63, 3.8) is 0 Å². The molecule has 5 rings (SSSR count). The van der Waals surface area contributed by atoms with Gasteiger partial charge in [0, 0.05) is 24.0 Å². The van der Waals surface area contributed by atoms with Crippen molar-refractivity contribution >= 4 is 23.5 Å². The summed E-state index contributed by atoms with van der Waals surface area (Å²) in [6.45, 7) is 4.38. The number of amides is 4. The van der Waals surface area contributed by atoms with E-state index in [0.717, 1.165) is 22.5 Å². The molecule has 1 aromatic heterocycles. The number of aromatic nitrogens is 2. The zero-order chi connectivity index (χ0) is 20.3. The average Bonchev–Trinajstić information content (AvgIpc) is 3.20. The largest absolute Gasteiger partial charge is 0.372 e. The van der Waals surface area contributed by atoms with Crippen LogP contribution in [0, 0.1) is 5.41 Å². The number of hydrogen-bond donors (Lipinski definition) is 3. The number of morpholine rings is 1. The van der Waals surface area contributed by atoms with Crippen molar-refractivity contribution in [2.24, 2.45) is 5.41 Å². The number of benzene rings is 1. The molecule has 29 heavy (non-hydrogen) atoms. The second kappa shape index (κ2) is 6.15. The van der Waals surface area contributed by atoms with Crippen molar-refractivity contribution in [3.05, 3.63) is 36.3 Å². The number of anilines is 1. The number of carbonyl (C=O) groups is 3. The molecule has 150 valence electrons. The van der Waals surface area contributed by atoms with Crippen molar-refractivity contribution in [1.29, 1.82) is 0 Å².